The first-order valence-corrected chi connectivity index (χ1v) is 15.2. The van der Waals surface area contributed by atoms with Gasteiger partial charge in [-0.3, -0.25) is 4.98 Å². The number of piperazine rings is 1. The second-order valence-electron chi connectivity index (χ2n) is 10.4. The molecule has 2 aliphatic rings. The molecule has 1 aliphatic heterocycles. The van der Waals surface area contributed by atoms with E-state index < -0.39 is 0 Å². The Morgan fingerprint density at radius 1 is 0.889 bits per heavy atom. The van der Waals surface area contributed by atoms with Gasteiger partial charge in [-0.05, 0) is 79.3 Å². The zero-order chi connectivity index (χ0) is 24.4. The molecule has 3 aromatic rings. The van der Waals surface area contributed by atoms with Crippen molar-refractivity contribution in [3.63, 3.8) is 0 Å². The first kappa shape index (κ1) is 25.4. The van der Waals surface area contributed by atoms with Gasteiger partial charge in [0.15, 0.2) is 0 Å². The monoisotopic (exact) mass is 502 g/mol. The molecule has 0 unspecified atom stereocenters. The molecule has 2 aromatic carbocycles. The molecule has 0 bridgehead atoms. The Morgan fingerprint density at radius 2 is 1.69 bits per heavy atom. The van der Waals surface area contributed by atoms with Crippen molar-refractivity contribution in [2.45, 2.75) is 68.6 Å². The standard InChI is InChI=1S/C31H42N4S/c1(6-17-33-27-11-13-28(14-12-27)35-21-19-32-20-22-35)2-7-23-36-31-16-18-34-30-24-26(10-15-29(30)31)25-8-4-3-5-9-25/h10-16,18,24-25,32-33H,1-9,17,19-23H2. The fraction of sp³-hybridized carbons (Fsp3) is 0.516. The van der Waals surface area contributed by atoms with Crippen LogP contribution < -0.4 is 15.5 Å². The van der Waals surface area contributed by atoms with Crippen LogP contribution in [-0.2, 0) is 0 Å². The van der Waals surface area contributed by atoms with Crippen molar-refractivity contribution in [1.29, 1.82) is 0 Å². The molecule has 2 heterocycles. The lowest BCUT2D eigenvalue weighted by Crippen LogP contribution is -2.43. The van der Waals surface area contributed by atoms with Crippen LogP contribution in [0.5, 0.6) is 0 Å². The molecule has 1 saturated heterocycles. The normalized spacial score (nSPS) is 16.9. The smallest absolute Gasteiger partial charge is 0.0716 e. The van der Waals surface area contributed by atoms with Gasteiger partial charge in [0.05, 0.1) is 5.52 Å². The van der Waals surface area contributed by atoms with Gasteiger partial charge in [0.2, 0.25) is 0 Å². The van der Waals surface area contributed by atoms with E-state index in [9.17, 15) is 0 Å². The number of nitrogens with zero attached hydrogens (tertiary/aromatic N) is 2. The zero-order valence-corrected chi connectivity index (χ0v) is 22.5. The van der Waals surface area contributed by atoms with Gasteiger partial charge >= 0.3 is 0 Å². The molecular weight excluding hydrogens is 460 g/mol. The summed E-state index contributed by atoms with van der Waals surface area (Å²) in [7, 11) is 0. The van der Waals surface area contributed by atoms with Crippen LogP contribution in [0.1, 0.15) is 69.3 Å². The number of fused-ring (bicyclic) bond motifs is 1. The SMILES string of the molecule is c1cc(SCCCCCCNc2ccc(N3CCNCC3)cc2)c2ccc(C3CCCCC3)cc2n1. The third-order valence-electron chi connectivity index (χ3n) is 7.81. The number of anilines is 2. The highest BCUT2D eigenvalue weighted by atomic mass is 32.2. The largest absolute Gasteiger partial charge is 0.385 e. The minimum absolute atomic E-state index is 0.743. The Balaban J connectivity index is 0.991. The van der Waals surface area contributed by atoms with Crippen LogP contribution in [0.3, 0.4) is 0 Å². The quantitative estimate of drug-likeness (QED) is 0.210. The minimum atomic E-state index is 0.743. The summed E-state index contributed by atoms with van der Waals surface area (Å²) in [5.74, 6) is 1.93. The number of hydrogen-bond acceptors (Lipinski definition) is 5. The molecule has 1 aliphatic carbocycles. The summed E-state index contributed by atoms with van der Waals surface area (Å²) in [5.41, 5.74) is 5.25. The fourth-order valence-electron chi connectivity index (χ4n) is 5.66. The topological polar surface area (TPSA) is 40.2 Å². The minimum Gasteiger partial charge on any atom is -0.385 e. The summed E-state index contributed by atoms with van der Waals surface area (Å²) < 4.78 is 0. The molecule has 1 saturated carbocycles. The molecule has 0 radical (unpaired) electrons. The van der Waals surface area contributed by atoms with Crippen molar-refractivity contribution < 1.29 is 0 Å². The summed E-state index contributed by atoms with van der Waals surface area (Å²) in [6.07, 6.45) is 13.9. The number of benzene rings is 2. The lowest BCUT2D eigenvalue weighted by molar-refractivity contribution is 0.444. The fourth-order valence-corrected chi connectivity index (χ4v) is 6.72. The number of pyridine rings is 1. The first-order chi connectivity index (χ1) is 17.9. The maximum Gasteiger partial charge on any atom is 0.0716 e. The summed E-state index contributed by atoms with van der Waals surface area (Å²) >= 11 is 2.00. The van der Waals surface area contributed by atoms with Crippen LogP contribution in [0, 0.1) is 0 Å². The van der Waals surface area contributed by atoms with E-state index in [0.29, 0.717) is 0 Å². The van der Waals surface area contributed by atoms with Crippen molar-refractivity contribution >= 4 is 34.0 Å². The van der Waals surface area contributed by atoms with E-state index in [-0.39, 0.29) is 0 Å². The second-order valence-corrected chi connectivity index (χ2v) is 11.5. The number of aromatic nitrogens is 1. The number of rotatable bonds is 11. The molecule has 0 atom stereocenters. The molecule has 0 spiro atoms. The van der Waals surface area contributed by atoms with Gasteiger partial charge in [-0.2, -0.15) is 0 Å². The number of unbranched alkanes of at least 4 members (excludes halogenated alkanes) is 3. The predicted molar refractivity (Wildman–Crippen MR) is 157 cm³/mol. The molecule has 2 fully saturated rings. The highest BCUT2D eigenvalue weighted by molar-refractivity contribution is 7.99. The molecular formula is C31H42N4S. The van der Waals surface area contributed by atoms with E-state index in [1.807, 2.05) is 18.0 Å². The van der Waals surface area contributed by atoms with Crippen LogP contribution in [0.2, 0.25) is 0 Å². The van der Waals surface area contributed by atoms with Gasteiger partial charge in [0.25, 0.3) is 0 Å². The average molecular weight is 503 g/mol. The van der Waals surface area contributed by atoms with Crippen LogP contribution >= 0.6 is 11.8 Å². The lowest BCUT2D eigenvalue weighted by Gasteiger charge is -2.29. The van der Waals surface area contributed by atoms with E-state index in [1.165, 1.54) is 96.3 Å². The van der Waals surface area contributed by atoms with E-state index in [2.05, 4.69) is 64.1 Å². The van der Waals surface area contributed by atoms with Crippen LogP contribution in [0.25, 0.3) is 10.9 Å². The van der Waals surface area contributed by atoms with Crippen molar-refractivity contribution in [2.75, 3.05) is 48.7 Å². The zero-order valence-electron chi connectivity index (χ0n) is 21.7. The molecule has 36 heavy (non-hydrogen) atoms. The predicted octanol–water partition coefficient (Wildman–Crippen LogP) is 7.46. The van der Waals surface area contributed by atoms with Gasteiger partial charge in [0.1, 0.15) is 0 Å². The van der Waals surface area contributed by atoms with Gasteiger partial charge in [-0.1, -0.05) is 44.2 Å². The maximum absolute atomic E-state index is 4.70. The second kappa shape index (κ2) is 13.3. The van der Waals surface area contributed by atoms with Crippen molar-refractivity contribution in [3.05, 3.63) is 60.3 Å². The van der Waals surface area contributed by atoms with Crippen LogP contribution in [-0.4, -0.2) is 43.5 Å². The Bertz CT molecular complexity index is 1070. The van der Waals surface area contributed by atoms with Crippen LogP contribution in [0.4, 0.5) is 11.4 Å². The van der Waals surface area contributed by atoms with Gasteiger partial charge in [-0.15, -0.1) is 11.8 Å². The lowest BCUT2D eigenvalue weighted by atomic mass is 9.84. The Labute approximate surface area is 221 Å². The van der Waals surface area contributed by atoms with Crippen molar-refractivity contribution in [3.8, 4) is 0 Å². The Kier molecular flexibility index (Phi) is 9.42. The molecule has 0 amide bonds. The molecule has 5 heteroatoms. The summed E-state index contributed by atoms with van der Waals surface area (Å²) in [6.45, 7) is 5.42. The highest BCUT2D eigenvalue weighted by Gasteiger charge is 2.16. The summed E-state index contributed by atoms with van der Waals surface area (Å²) in [4.78, 5) is 8.55. The number of thioether (sulfide) groups is 1. The van der Waals surface area contributed by atoms with Gasteiger partial charge < -0.3 is 15.5 Å². The van der Waals surface area contributed by atoms with Gasteiger partial charge in [0, 0.05) is 60.6 Å². The maximum atomic E-state index is 4.70. The van der Waals surface area contributed by atoms with E-state index in [0.717, 1.165) is 38.6 Å². The molecule has 192 valence electrons. The van der Waals surface area contributed by atoms with Crippen molar-refractivity contribution in [2.24, 2.45) is 0 Å². The van der Waals surface area contributed by atoms with Gasteiger partial charge in [-0.25, -0.2) is 0 Å². The molecule has 4 nitrogen and oxygen atoms in total. The van der Waals surface area contributed by atoms with Crippen molar-refractivity contribution in [1.82, 2.24) is 10.3 Å². The van der Waals surface area contributed by atoms with E-state index >= 15 is 0 Å². The highest BCUT2D eigenvalue weighted by Crippen LogP contribution is 2.35. The number of hydrogen-bond donors (Lipinski definition) is 2. The molecule has 2 N–H and O–H groups in total. The average Bonchev–Trinajstić information content (AvgIpc) is 2.95. The van der Waals surface area contributed by atoms with Crippen LogP contribution in [0.15, 0.2) is 59.6 Å². The first-order valence-electron chi connectivity index (χ1n) is 14.2. The third-order valence-corrected chi connectivity index (χ3v) is 8.97. The molecule has 1 aromatic heterocycles. The summed E-state index contributed by atoms with van der Waals surface area (Å²) in [6, 6.07) is 18.2. The third kappa shape index (κ3) is 6.95. The Hall–Kier alpha value is -2.24. The van der Waals surface area contributed by atoms with E-state index in [1.54, 1.807) is 0 Å². The van der Waals surface area contributed by atoms with E-state index in [4.69, 9.17) is 4.98 Å². The Morgan fingerprint density at radius 3 is 2.53 bits per heavy atom. The number of nitrogens with one attached hydrogen (secondary N) is 2. The summed E-state index contributed by atoms with van der Waals surface area (Å²) in [5, 5.41) is 8.34. The molecule has 5 rings (SSSR count).